The van der Waals surface area contributed by atoms with E-state index >= 15 is 0 Å². The Morgan fingerprint density at radius 2 is 1.42 bits per heavy atom. The van der Waals surface area contributed by atoms with Gasteiger partial charge in [0.15, 0.2) is 0 Å². The first kappa shape index (κ1) is 19.7. The second-order valence-corrected chi connectivity index (χ2v) is 3.91. The summed E-state index contributed by atoms with van der Waals surface area (Å²) in [6, 6.07) is 0. The molecule has 0 rings (SSSR count). The van der Waals surface area contributed by atoms with Crippen LogP contribution in [0, 0.1) is 0 Å². The molecule has 0 aliphatic carbocycles. The smallest absolute Gasteiger partial charge is 0.333 e. The van der Waals surface area contributed by atoms with Crippen molar-refractivity contribution in [1.29, 1.82) is 0 Å². The predicted octanol–water partition coefficient (Wildman–Crippen LogP) is 2.00. The van der Waals surface area contributed by atoms with Gasteiger partial charge in [-0.05, 0) is 20.3 Å². The third kappa shape index (κ3) is 14.3. The Morgan fingerprint density at radius 3 is 1.74 bits per heavy atom. The van der Waals surface area contributed by atoms with Gasteiger partial charge in [-0.2, -0.15) is 0 Å². The van der Waals surface area contributed by atoms with Gasteiger partial charge in [-0.15, -0.1) is 0 Å². The summed E-state index contributed by atoms with van der Waals surface area (Å²) in [5.74, 6) is -0.690. The highest BCUT2D eigenvalue weighted by Gasteiger charge is 2.00. The van der Waals surface area contributed by atoms with E-state index in [4.69, 9.17) is 9.84 Å². The first-order valence-electron chi connectivity index (χ1n) is 6.12. The van der Waals surface area contributed by atoms with Crippen molar-refractivity contribution in [3.63, 3.8) is 0 Å². The Kier molecular flexibility index (Phi) is 13.3. The number of esters is 2. The Hall–Kier alpha value is -1.62. The number of carbonyl (C=O) groups is 2. The molecule has 0 atom stereocenters. The van der Waals surface area contributed by atoms with Crippen molar-refractivity contribution >= 4 is 11.9 Å². The van der Waals surface area contributed by atoms with Gasteiger partial charge in [-0.1, -0.05) is 20.1 Å². The largest absolute Gasteiger partial charge is 0.462 e. The van der Waals surface area contributed by atoms with E-state index in [0.29, 0.717) is 24.2 Å². The van der Waals surface area contributed by atoms with Crippen LogP contribution in [0.4, 0.5) is 0 Å². The lowest BCUT2D eigenvalue weighted by atomic mass is 10.4. The normalized spacial score (nSPS) is 8.84. The van der Waals surface area contributed by atoms with Gasteiger partial charge in [-0.3, -0.25) is 0 Å². The average Bonchev–Trinajstić information content (AvgIpc) is 2.36. The Balaban J connectivity index is 0. The van der Waals surface area contributed by atoms with Gasteiger partial charge < -0.3 is 14.6 Å². The monoisotopic (exact) mass is 272 g/mol. The fourth-order valence-electron chi connectivity index (χ4n) is 0.671. The lowest BCUT2D eigenvalue weighted by molar-refractivity contribution is -0.139. The van der Waals surface area contributed by atoms with Crippen LogP contribution in [0.2, 0.25) is 0 Å². The lowest BCUT2D eigenvalue weighted by Crippen LogP contribution is -2.06. The number of hydrogen-bond donors (Lipinski definition) is 1. The van der Waals surface area contributed by atoms with Gasteiger partial charge in [0.1, 0.15) is 0 Å². The zero-order valence-corrected chi connectivity index (χ0v) is 12.0. The van der Waals surface area contributed by atoms with E-state index in [2.05, 4.69) is 17.9 Å². The highest BCUT2D eigenvalue weighted by atomic mass is 16.5. The quantitative estimate of drug-likeness (QED) is 0.436. The molecular weight excluding hydrogens is 248 g/mol. The number of rotatable bonds is 7. The summed E-state index contributed by atoms with van der Waals surface area (Å²) in [5.41, 5.74) is 0.849. The van der Waals surface area contributed by atoms with Crippen molar-refractivity contribution < 1.29 is 24.2 Å². The Morgan fingerprint density at radius 1 is 1.00 bits per heavy atom. The first-order valence-corrected chi connectivity index (χ1v) is 6.12. The molecule has 5 heteroatoms. The second-order valence-electron chi connectivity index (χ2n) is 3.91. The van der Waals surface area contributed by atoms with Crippen LogP contribution in [0.1, 0.15) is 33.6 Å². The second kappa shape index (κ2) is 12.8. The molecule has 0 aromatic rings. The molecule has 0 saturated carbocycles. The molecular formula is C14H24O5. The fraction of sp³-hybridized carbons (Fsp3) is 0.571. The molecule has 5 nitrogen and oxygen atoms in total. The third-order valence-electron chi connectivity index (χ3n) is 1.67. The SMILES string of the molecule is C=C(C)C(=O)OCCC.C=C(C)C(=O)OCCCO. The van der Waals surface area contributed by atoms with Crippen LogP contribution >= 0.6 is 0 Å². The maximum Gasteiger partial charge on any atom is 0.333 e. The van der Waals surface area contributed by atoms with Crippen LogP contribution in [-0.2, 0) is 19.1 Å². The van der Waals surface area contributed by atoms with Crippen molar-refractivity contribution in [2.45, 2.75) is 33.6 Å². The zero-order valence-electron chi connectivity index (χ0n) is 12.0. The molecule has 110 valence electrons. The summed E-state index contributed by atoms with van der Waals surface area (Å²) in [7, 11) is 0. The van der Waals surface area contributed by atoms with Crippen LogP contribution in [0.25, 0.3) is 0 Å². The maximum absolute atomic E-state index is 10.6. The van der Waals surface area contributed by atoms with Crippen LogP contribution in [-0.4, -0.2) is 36.9 Å². The minimum absolute atomic E-state index is 0.0451. The lowest BCUT2D eigenvalue weighted by Gasteiger charge is -2.00. The van der Waals surface area contributed by atoms with Crippen molar-refractivity contribution in [2.75, 3.05) is 19.8 Å². The van der Waals surface area contributed by atoms with Crippen molar-refractivity contribution in [3.8, 4) is 0 Å². The van der Waals surface area contributed by atoms with E-state index in [-0.39, 0.29) is 19.2 Å². The van der Waals surface area contributed by atoms with Gasteiger partial charge in [0.2, 0.25) is 0 Å². The Labute approximate surface area is 114 Å². The van der Waals surface area contributed by atoms with Gasteiger partial charge in [0.25, 0.3) is 0 Å². The van der Waals surface area contributed by atoms with E-state index in [1.165, 1.54) is 0 Å². The highest BCUT2D eigenvalue weighted by molar-refractivity contribution is 5.87. The van der Waals surface area contributed by atoms with Crippen LogP contribution in [0.3, 0.4) is 0 Å². The van der Waals surface area contributed by atoms with Gasteiger partial charge >= 0.3 is 11.9 Å². The van der Waals surface area contributed by atoms with Gasteiger partial charge in [-0.25, -0.2) is 9.59 Å². The summed E-state index contributed by atoms with van der Waals surface area (Å²) in [6.45, 7) is 12.8. The summed E-state index contributed by atoms with van der Waals surface area (Å²) in [6.07, 6.45) is 1.35. The van der Waals surface area contributed by atoms with Crippen LogP contribution in [0.15, 0.2) is 24.3 Å². The number of ether oxygens (including phenoxy) is 2. The number of hydrogen-bond acceptors (Lipinski definition) is 5. The van der Waals surface area contributed by atoms with E-state index < -0.39 is 5.97 Å². The molecule has 0 heterocycles. The molecule has 1 N–H and O–H groups in total. The summed E-state index contributed by atoms with van der Waals surface area (Å²) in [4.78, 5) is 21.2. The molecule has 0 saturated heterocycles. The van der Waals surface area contributed by atoms with Crippen molar-refractivity contribution in [2.24, 2.45) is 0 Å². The summed E-state index contributed by atoms with van der Waals surface area (Å²) >= 11 is 0. The molecule has 0 aromatic carbocycles. The zero-order chi connectivity index (χ0) is 15.3. The minimum atomic E-state index is -0.395. The molecule has 0 amide bonds. The predicted molar refractivity (Wildman–Crippen MR) is 73.5 cm³/mol. The van der Waals surface area contributed by atoms with E-state index in [1.54, 1.807) is 13.8 Å². The van der Waals surface area contributed by atoms with Crippen molar-refractivity contribution in [3.05, 3.63) is 24.3 Å². The van der Waals surface area contributed by atoms with E-state index in [9.17, 15) is 9.59 Å². The van der Waals surface area contributed by atoms with Gasteiger partial charge in [0, 0.05) is 24.2 Å². The molecule has 0 radical (unpaired) electrons. The number of aliphatic hydroxyl groups excluding tert-OH is 1. The Bertz CT molecular complexity index is 307. The molecule has 0 unspecified atom stereocenters. The molecule has 0 aliphatic rings. The fourth-order valence-corrected chi connectivity index (χ4v) is 0.671. The number of carbonyl (C=O) groups excluding carboxylic acids is 2. The average molecular weight is 272 g/mol. The molecule has 19 heavy (non-hydrogen) atoms. The third-order valence-corrected chi connectivity index (χ3v) is 1.67. The summed E-state index contributed by atoms with van der Waals surface area (Å²) < 4.78 is 9.36. The van der Waals surface area contributed by atoms with Crippen molar-refractivity contribution in [1.82, 2.24) is 0 Å². The molecule has 0 aromatic heterocycles. The highest BCUT2D eigenvalue weighted by Crippen LogP contribution is 1.92. The topological polar surface area (TPSA) is 72.8 Å². The van der Waals surface area contributed by atoms with Gasteiger partial charge in [0.05, 0.1) is 13.2 Å². The number of aliphatic hydroxyl groups is 1. The summed E-state index contributed by atoms with van der Waals surface area (Å²) in [5, 5.41) is 8.30. The van der Waals surface area contributed by atoms with Crippen LogP contribution in [0.5, 0.6) is 0 Å². The molecule has 0 aliphatic heterocycles. The standard InChI is InChI=1S/C7H12O3.C7H12O2/c1-6(2)7(9)10-5-3-4-8;1-4-5-9-7(8)6(2)3/h8H,1,3-5H2,2H3;2,4-5H2,1,3H3. The molecule has 0 spiro atoms. The first-order chi connectivity index (χ1) is 8.86. The molecule has 0 bridgehead atoms. The van der Waals surface area contributed by atoms with Crippen LogP contribution < -0.4 is 0 Å². The van der Waals surface area contributed by atoms with E-state index in [0.717, 1.165) is 6.42 Å². The minimum Gasteiger partial charge on any atom is -0.462 e. The maximum atomic E-state index is 10.6. The molecule has 0 fully saturated rings. The van der Waals surface area contributed by atoms with E-state index in [1.807, 2.05) is 6.92 Å².